The third kappa shape index (κ3) is 3.51. The Hall–Kier alpha value is -2.80. The fraction of sp³-hybridized carbons (Fsp3) is 0.455. The summed E-state index contributed by atoms with van der Waals surface area (Å²) < 4.78 is 2.25. The fourth-order valence-electron chi connectivity index (χ4n) is 4.63. The van der Waals surface area contributed by atoms with Gasteiger partial charge >= 0.3 is 0 Å². The molecule has 150 valence electrons. The Labute approximate surface area is 170 Å². The molecule has 5 rings (SSSR count). The molecule has 0 bridgehead atoms. The van der Waals surface area contributed by atoms with Crippen LogP contribution in [0.25, 0.3) is 10.9 Å². The molecule has 1 amide bonds. The lowest BCUT2D eigenvalue weighted by molar-refractivity contribution is -0.130. The van der Waals surface area contributed by atoms with Crippen LogP contribution in [0.5, 0.6) is 0 Å². The summed E-state index contributed by atoms with van der Waals surface area (Å²) in [6.07, 6.45) is 4.10. The van der Waals surface area contributed by atoms with Crippen molar-refractivity contribution in [3.8, 4) is 0 Å². The summed E-state index contributed by atoms with van der Waals surface area (Å²) in [5.74, 6) is 2.59. The maximum Gasteiger partial charge on any atom is 0.219 e. The molecule has 7 nitrogen and oxygen atoms in total. The van der Waals surface area contributed by atoms with E-state index in [-0.39, 0.29) is 5.91 Å². The molecular weight excluding hydrogens is 364 g/mol. The van der Waals surface area contributed by atoms with Gasteiger partial charge in [0.1, 0.15) is 5.82 Å². The Morgan fingerprint density at radius 2 is 1.90 bits per heavy atom. The normalized spacial score (nSPS) is 18.2. The molecule has 0 atom stereocenters. The smallest absolute Gasteiger partial charge is 0.219 e. The highest BCUT2D eigenvalue weighted by Gasteiger charge is 2.29. The molecule has 7 heteroatoms. The van der Waals surface area contributed by atoms with Crippen molar-refractivity contribution in [2.75, 3.05) is 19.6 Å². The summed E-state index contributed by atoms with van der Waals surface area (Å²) in [6.45, 7) is 6.83. The molecule has 0 radical (unpaired) electrons. The van der Waals surface area contributed by atoms with Crippen molar-refractivity contribution in [2.45, 2.75) is 45.3 Å². The minimum absolute atomic E-state index is 0.109. The second-order valence-corrected chi connectivity index (χ2v) is 8.10. The van der Waals surface area contributed by atoms with Crippen molar-refractivity contribution >= 4 is 16.8 Å². The summed E-state index contributed by atoms with van der Waals surface area (Å²) in [4.78, 5) is 20.5. The van der Waals surface area contributed by atoms with Crippen LogP contribution >= 0.6 is 0 Å². The van der Waals surface area contributed by atoms with E-state index in [0.29, 0.717) is 12.5 Å². The van der Waals surface area contributed by atoms with E-state index in [1.54, 1.807) is 6.92 Å². The van der Waals surface area contributed by atoms with E-state index >= 15 is 0 Å². The quantitative estimate of drug-likeness (QED) is 0.688. The predicted molar refractivity (Wildman–Crippen MR) is 110 cm³/mol. The van der Waals surface area contributed by atoms with Crippen LogP contribution < -0.4 is 0 Å². The third-order valence-electron chi connectivity index (χ3n) is 6.31. The van der Waals surface area contributed by atoms with Crippen LogP contribution in [0.3, 0.4) is 0 Å². The van der Waals surface area contributed by atoms with Gasteiger partial charge in [-0.1, -0.05) is 18.2 Å². The molecule has 0 aliphatic carbocycles. The number of likely N-dealkylation sites (tertiary alicyclic amines) is 1. The average Bonchev–Trinajstić information content (AvgIpc) is 3.18. The number of hydrogen-bond acceptors (Lipinski definition) is 5. The molecule has 1 fully saturated rings. The Kier molecular flexibility index (Phi) is 4.75. The van der Waals surface area contributed by atoms with Crippen molar-refractivity contribution < 1.29 is 4.79 Å². The van der Waals surface area contributed by atoms with Gasteiger partial charge in [-0.25, -0.2) is 0 Å². The SMILES string of the molecule is CC(=O)N1CCn2c(nnc2C2CCN(Cc3ccnc4ccccc34)CC2)C1. The second kappa shape index (κ2) is 7.55. The lowest BCUT2D eigenvalue weighted by Gasteiger charge is -2.33. The van der Waals surface area contributed by atoms with Gasteiger partial charge < -0.3 is 9.47 Å². The van der Waals surface area contributed by atoms with Crippen LogP contribution in [0.15, 0.2) is 36.5 Å². The van der Waals surface area contributed by atoms with E-state index in [9.17, 15) is 4.79 Å². The summed E-state index contributed by atoms with van der Waals surface area (Å²) in [6, 6.07) is 10.5. The first-order chi connectivity index (χ1) is 14.2. The molecule has 0 spiro atoms. The van der Waals surface area contributed by atoms with Gasteiger partial charge in [0.15, 0.2) is 5.82 Å². The number of carbonyl (C=O) groups is 1. The summed E-state index contributed by atoms with van der Waals surface area (Å²) >= 11 is 0. The lowest BCUT2D eigenvalue weighted by atomic mass is 9.95. The van der Waals surface area contributed by atoms with Crippen LogP contribution in [-0.4, -0.2) is 55.1 Å². The lowest BCUT2D eigenvalue weighted by Crippen LogP contribution is -2.38. The highest BCUT2D eigenvalue weighted by atomic mass is 16.2. The molecule has 0 N–H and O–H groups in total. The van der Waals surface area contributed by atoms with Gasteiger partial charge in [0.25, 0.3) is 0 Å². The van der Waals surface area contributed by atoms with E-state index in [4.69, 9.17) is 0 Å². The van der Waals surface area contributed by atoms with Crippen LogP contribution in [0.1, 0.15) is 42.9 Å². The fourth-order valence-corrected chi connectivity index (χ4v) is 4.63. The van der Waals surface area contributed by atoms with Crippen molar-refractivity contribution in [3.63, 3.8) is 0 Å². The first-order valence-corrected chi connectivity index (χ1v) is 10.4. The number of nitrogens with zero attached hydrogens (tertiary/aromatic N) is 6. The summed E-state index contributed by atoms with van der Waals surface area (Å²) in [5, 5.41) is 10.1. The number of piperidine rings is 1. The van der Waals surface area contributed by atoms with E-state index in [2.05, 4.69) is 48.9 Å². The van der Waals surface area contributed by atoms with Crippen LogP contribution in [-0.2, 0) is 24.4 Å². The zero-order valence-corrected chi connectivity index (χ0v) is 16.8. The van der Waals surface area contributed by atoms with Crippen LogP contribution in [0.2, 0.25) is 0 Å². The molecule has 1 aromatic carbocycles. The van der Waals surface area contributed by atoms with Gasteiger partial charge in [-0.15, -0.1) is 10.2 Å². The van der Waals surface area contributed by atoms with E-state index < -0.39 is 0 Å². The minimum atomic E-state index is 0.109. The molecule has 4 heterocycles. The molecular formula is C22H26N6O. The van der Waals surface area contributed by atoms with Gasteiger partial charge in [-0.2, -0.15) is 0 Å². The van der Waals surface area contributed by atoms with E-state index in [0.717, 1.165) is 62.7 Å². The molecule has 2 aliphatic rings. The monoisotopic (exact) mass is 390 g/mol. The minimum Gasteiger partial charge on any atom is -0.334 e. The number of carbonyl (C=O) groups excluding carboxylic acids is 1. The Morgan fingerprint density at radius 3 is 2.72 bits per heavy atom. The topological polar surface area (TPSA) is 67.2 Å². The van der Waals surface area contributed by atoms with E-state index in [1.165, 1.54) is 10.9 Å². The first-order valence-electron chi connectivity index (χ1n) is 10.4. The number of benzene rings is 1. The highest BCUT2D eigenvalue weighted by Crippen LogP contribution is 2.30. The average molecular weight is 390 g/mol. The Bertz CT molecular complexity index is 1030. The molecule has 3 aromatic rings. The Balaban J connectivity index is 1.25. The zero-order chi connectivity index (χ0) is 19.8. The number of fused-ring (bicyclic) bond motifs is 2. The molecule has 0 saturated carbocycles. The number of para-hydroxylation sites is 1. The largest absolute Gasteiger partial charge is 0.334 e. The van der Waals surface area contributed by atoms with Gasteiger partial charge in [0, 0.05) is 44.1 Å². The standard InChI is InChI=1S/C22H26N6O/c1-16(29)27-12-13-28-21(15-27)24-25-22(28)17-7-10-26(11-8-17)14-18-6-9-23-20-5-3-2-4-19(18)20/h2-6,9,17H,7-8,10-15H2,1H3. The molecule has 2 aliphatic heterocycles. The van der Waals surface area contributed by atoms with Crippen molar-refractivity contribution in [3.05, 3.63) is 53.7 Å². The maximum absolute atomic E-state index is 11.6. The maximum atomic E-state index is 11.6. The van der Waals surface area contributed by atoms with Gasteiger partial charge in [-0.3, -0.25) is 14.7 Å². The van der Waals surface area contributed by atoms with Crippen LogP contribution in [0.4, 0.5) is 0 Å². The van der Waals surface area contributed by atoms with Gasteiger partial charge in [0.2, 0.25) is 5.91 Å². The third-order valence-corrected chi connectivity index (χ3v) is 6.31. The zero-order valence-electron chi connectivity index (χ0n) is 16.8. The second-order valence-electron chi connectivity index (χ2n) is 8.10. The summed E-state index contributed by atoms with van der Waals surface area (Å²) in [5.41, 5.74) is 2.41. The first kappa shape index (κ1) is 18.2. The predicted octanol–water partition coefficient (Wildman–Crippen LogP) is 2.57. The van der Waals surface area contributed by atoms with E-state index in [1.807, 2.05) is 17.2 Å². The molecule has 0 unspecified atom stereocenters. The van der Waals surface area contributed by atoms with Crippen LogP contribution in [0, 0.1) is 0 Å². The number of amides is 1. The Morgan fingerprint density at radius 1 is 1.07 bits per heavy atom. The number of aromatic nitrogens is 4. The summed E-state index contributed by atoms with van der Waals surface area (Å²) in [7, 11) is 0. The molecule has 2 aromatic heterocycles. The number of rotatable bonds is 3. The van der Waals surface area contributed by atoms with Crippen molar-refractivity contribution in [2.24, 2.45) is 0 Å². The molecule has 1 saturated heterocycles. The molecule has 29 heavy (non-hydrogen) atoms. The number of hydrogen-bond donors (Lipinski definition) is 0. The number of pyridine rings is 1. The van der Waals surface area contributed by atoms with Crippen molar-refractivity contribution in [1.82, 2.24) is 29.5 Å². The van der Waals surface area contributed by atoms with Gasteiger partial charge in [0.05, 0.1) is 12.1 Å². The van der Waals surface area contributed by atoms with Gasteiger partial charge in [-0.05, 0) is 43.6 Å². The van der Waals surface area contributed by atoms with Crippen molar-refractivity contribution in [1.29, 1.82) is 0 Å². The highest BCUT2D eigenvalue weighted by molar-refractivity contribution is 5.81.